The smallest absolute Gasteiger partial charge is 0.402 e. The van der Waals surface area contributed by atoms with Crippen LogP contribution in [-0.2, 0) is 16.2 Å². The largest absolute Gasteiger partial charge is 0.631 e. The highest BCUT2D eigenvalue weighted by atomic mass is 19.2. The molecule has 0 spiro atoms. The molecule has 0 aliphatic rings. The predicted molar refractivity (Wildman–Crippen MR) is 489 cm³/mol. The van der Waals surface area contributed by atoms with Crippen LogP contribution < -0.4 is 0 Å². The van der Waals surface area contributed by atoms with E-state index in [-0.39, 0.29) is 87.9 Å². The van der Waals surface area contributed by atoms with Crippen LogP contribution in [0.25, 0.3) is 0 Å². The molecule has 12 aromatic carbocycles. The highest BCUT2D eigenvalue weighted by Gasteiger charge is 2.42. The van der Waals surface area contributed by atoms with Gasteiger partial charge in [-0.3, -0.25) is 14.7 Å². The monoisotopic (exact) mass is 1750 g/mol. The molecule has 3 N–H and O–H groups in total. The van der Waals surface area contributed by atoms with Gasteiger partial charge in [0.1, 0.15) is 69.8 Å². The summed E-state index contributed by atoms with van der Waals surface area (Å²) in [6, 6.07) is 77.8. The fourth-order valence-electron chi connectivity index (χ4n) is 17.6. The van der Waals surface area contributed by atoms with Gasteiger partial charge >= 0.3 is 7.32 Å². The number of hydrogen-bond acceptors (Lipinski definition) is 6. The van der Waals surface area contributed by atoms with Gasteiger partial charge in [-0.15, -0.1) is 0 Å². The van der Waals surface area contributed by atoms with Crippen LogP contribution in [-0.4, -0.2) is 76.4 Å². The zero-order valence-corrected chi connectivity index (χ0v) is 73.7. The normalized spacial score (nSPS) is 12.4. The van der Waals surface area contributed by atoms with Crippen molar-refractivity contribution in [3.05, 3.63) is 428 Å². The molecule has 0 amide bonds. The Hall–Kier alpha value is -10.4. The maximum Gasteiger partial charge on any atom is 0.631 e. The molecular formula is C108H120BF12N3O3. The molecule has 0 heterocycles. The molecular weight excluding hydrogens is 1630 g/mol. The predicted octanol–water partition coefficient (Wildman–Crippen LogP) is 28.0. The Morgan fingerprint density at radius 1 is 0.205 bits per heavy atom. The van der Waals surface area contributed by atoms with Crippen LogP contribution in [0.5, 0.6) is 0 Å². The van der Waals surface area contributed by atoms with Crippen molar-refractivity contribution in [2.24, 2.45) is 0 Å². The van der Waals surface area contributed by atoms with Crippen LogP contribution in [0.15, 0.2) is 291 Å². The minimum atomic E-state index is -2.17. The van der Waals surface area contributed by atoms with Crippen molar-refractivity contribution in [1.29, 1.82) is 0 Å². The second-order valence-corrected chi connectivity index (χ2v) is 32.7. The summed E-state index contributed by atoms with van der Waals surface area (Å²) in [4.78, 5) is 7.47. The second-order valence-electron chi connectivity index (χ2n) is 32.7. The molecule has 6 nitrogen and oxygen atoms in total. The zero-order chi connectivity index (χ0) is 91.3. The van der Waals surface area contributed by atoms with E-state index in [4.69, 9.17) is 15.1 Å². The van der Waals surface area contributed by atoms with Crippen LogP contribution in [0.2, 0.25) is 0 Å². The van der Waals surface area contributed by atoms with Crippen molar-refractivity contribution >= 4 is 7.32 Å². The Labute approximate surface area is 744 Å². The van der Waals surface area contributed by atoms with E-state index < -0.39 is 23.6 Å². The van der Waals surface area contributed by atoms with Crippen molar-refractivity contribution in [1.82, 2.24) is 14.7 Å². The van der Waals surface area contributed by atoms with Gasteiger partial charge in [0.2, 0.25) is 0 Å². The topological polar surface area (TPSA) is 70.4 Å². The fourth-order valence-corrected chi connectivity index (χ4v) is 17.6. The third-order valence-corrected chi connectivity index (χ3v) is 24.3. The minimum Gasteiger partial charge on any atom is -0.402 e. The maximum atomic E-state index is 14.2. The summed E-state index contributed by atoms with van der Waals surface area (Å²) in [5.74, 6) is -4.00. The zero-order valence-electron chi connectivity index (χ0n) is 73.7. The number of unbranched alkanes of at least 4 members (excludes halogenated alkanes) is 6. The molecule has 0 aliphatic heterocycles. The molecule has 3 unspecified atom stereocenters. The Balaban J connectivity index is 0.000000211. The van der Waals surface area contributed by atoms with Gasteiger partial charge in [0.15, 0.2) is 0 Å². The lowest BCUT2D eigenvalue weighted by atomic mass is 9.66. The van der Waals surface area contributed by atoms with Gasteiger partial charge in [-0.2, -0.15) is 0 Å². The van der Waals surface area contributed by atoms with Crippen LogP contribution >= 0.6 is 0 Å². The highest BCUT2D eigenvalue weighted by molar-refractivity contribution is 6.30. The number of rotatable bonds is 42. The van der Waals surface area contributed by atoms with Gasteiger partial charge in [0, 0.05) is 34.4 Å². The average Bonchev–Trinajstić information content (AvgIpc) is 0.760. The molecule has 127 heavy (non-hydrogen) atoms. The molecule has 0 fully saturated rings. The van der Waals surface area contributed by atoms with Gasteiger partial charge in [0.25, 0.3) is 0 Å². The lowest BCUT2D eigenvalue weighted by molar-refractivity contribution is 0.174. The van der Waals surface area contributed by atoms with Gasteiger partial charge in [-0.1, -0.05) is 226 Å². The first kappa shape index (κ1) is 100. The minimum absolute atomic E-state index is 0.00517. The number of hydrogen-bond donors (Lipinski definition) is 3. The molecule has 3 atom stereocenters. The van der Waals surface area contributed by atoms with E-state index >= 15 is 0 Å². The lowest BCUT2D eigenvalue weighted by Crippen LogP contribution is -2.35. The Kier molecular flexibility index (Phi) is 40.3. The van der Waals surface area contributed by atoms with E-state index in [1.807, 2.05) is 36.4 Å². The Morgan fingerprint density at radius 2 is 0.315 bits per heavy atom. The number of halogens is 12. The fraction of sp³-hybridized carbons (Fsp3) is 0.333. The third kappa shape index (κ3) is 28.3. The van der Waals surface area contributed by atoms with E-state index in [2.05, 4.69) is 56.2 Å². The van der Waals surface area contributed by atoms with Gasteiger partial charge < -0.3 is 15.1 Å². The Bertz CT molecular complexity index is 4230. The molecule has 0 aromatic heterocycles. The molecule has 0 radical (unpaired) electrons. The molecule has 12 rings (SSSR count). The number of nitrogens with zero attached hydrogens (tertiary/aromatic N) is 3. The quantitative estimate of drug-likeness (QED) is 0.0201. The lowest BCUT2D eigenvalue weighted by Gasteiger charge is -2.39. The summed E-state index contributed by atoms with van der Waals surface area (Å²) < 4.78 is 169. The first-order valence-corrected chi connectivity index (χ1v) is 44.7. The van der Waals surface area contributed by atoms with Crippen molar-refractivity contribution in [3.63, 3.8) is 0 Å². The van der Waals surface area contributed by atoms with Crippen molar-refractivity contribution < 1.29 is 67.8 Å². The van der Waals surface area contributed by atoms with Gasteiger partial charge in [-0.05, 0) is 329 Å². The van der Waals surface area contributed by atoms with Gasteiger partial charge in [-0.25, -0.2) is 52.7 Å². The van der Waals surface area contributed by atoms with Crippen LogP contribution in [0.1, 0.15) is 242 Å². The maximum absolute atomic E-state index is 14.2. The van der Waals surface area contributed by atoms with E-state index in [1.165, 1.54) is 146 Å². The van der Waals surface area contributed by atoms with E-state index in [1.54, 1.807) is 109 Å². The van der Waals surface area contributed by atoms with Crippen LogP contribution in [0.3, 0.4) is 0 Å². The Morgan fingerprint density at radius 3 is 0.425 bits per heavy atom. The summed E-state index contributed by atoms with van der Waals surface area (Å²) in [7, 11) is -2.17. The van der Waals surface area contributed by atoms with Crippen LogP contribution in [0.4, 0.5) is 52.7 Å². The molecule has 19 heteroatoms. The summed E-state index contributed by atoms with van der Waals surface area (Å²) in [5.41, 5.74) is 8.19. The summed E-state index contributed by atoms with van der Waals surface area (Å²) in [5, 5.41) is 21.5. The molecule has 0 saturated heterocycles. The molecule has 0 aliphatic carbocycles. The van der Waals surface area contributed by atoms with Crippen molar-refractivity contribution in [3.8, 4) is 0 Å². The van der Waals surface area contributed by atoms with E-state index in [0.29, 0.717) is 38.5 Å². The van der Waals surface area contributed by atoms with E-state index in [9.17, 15) is 52.7 Å². The van der Waals surface area contributed by atoms with Gasteiger partial charge in [0.05, 0.1) is 0 Å². The SMILES string of the molecule is CCCCN(CCCC)C(CCC(c1ccc(F)cc1)(c1ccc(F)cc1)c1ccc(F)cc1)c1ccc(F)cc1.CCCCN(CCCC)C(CCC(c1ccc(F)cc1)(c1ccc(F)cc1)c1ccc(F)cc1)c1ccc(F)cc1.CCCCN(CCCC)C(CCC(c1ccc(F)cc1)(c1ccc(F)cc1)c1ccc(F)cc1)c1ccc(F)cc1.OB(O)O. The summed E-state index contributed by atoms with van der Waals surface area (Å²) in [6.07, 6.45) is 16.4. The first-order chi connectivity index (χ1) is 61.3. The van der Waals surface area contributed by atoms with Crippen molar-refractivity contribution in [2.45, 2.75) is 191 Å². The van der Waals surface area contributed by atoms with Crippen molar-refractivity contribution in [2.75, 3.05) is 39.3 Å². The van der Waals surface area contributed by atoms with Crippen LogP contribution in [0, 0.1) is 69.8 Å². The highest BCUT2D eigenvalue weighted by Crippen LogP contribution is 2.50. The summed E-state index contributed by atoms with van der Waals surface area (Å²) in [6.45, 7) is 18.5. The van der Waals surface area contributed by atoms with E-state index in [0.717, 1.165) is 183 Å². The second kappa shape index (κ2) is 51.0. The third-order valence-electron chi connectivity index (χ3n) is 24.3. The molecule has 12 aromatic rings. The molecule has 0 saturated carbocycles. The summed E-state index contributed by atoms with van der Waals surface area (Å²) >= 11 is 0. The first-order valence-electron chi connectivity index (χ1n) is 44.7. The standard InChI is InChI=1S/3C36H39F4N.BH3O3/c3*1-3-5-25-41(26-6-4-2)35(27-7-15-31(37)16-8-27)23-24-36(28-9-17-32(38)18-10-28,29-11-19-33(39)20-12-29)30-13-21-34(40)22-14-30;2-1(3)4/h3*7-22,35H,3-6,23-26H2,1-2H3;2-4H. The average molecular weight is 1750 g/mol. The molecule has 0 bridgehead atoms. The number of benzene rings is 12. The molecule has 672 valence electrons.